The highest BCUT2D eigenvalue weighted by molar-refractivity contribution is 6.30. The minimum Gasteiger partial charge on any atom is -0.338 e. The highest BCUT2D eigenvalue weighted by Crippen LogP contribution is 2.20. The molecule has 0 aliphatic rings. The number of hydrogen-bond donors (Lipinski definition) is 1. The van der Waals surface area contributed by atoms with Crippen LogP contribution in [0.15, 0.2) is 18.2 Å². The Morgan fingerprint density at radius 3 is 2.58 bits per heavy atom. The fourth-order valence-corrected chi connectivity index (χ4v) is 1.90. The molecule has 0 saturated heterocycles. The summed E-state index contributed by atoms with van der Waals surface area (Å²) in [5.41, 5.74) is 5.51. The minimum atomic E-state index is -0.596. The summed E-state index contributed by atoms with van der Waals surface area (Å²) in [5.74, 6) is -0.931. The van der Waals surface area contributed by atoms with Gasteiger partial charge in [0.2, 0.25) is 0 Å². The van der Waals surface area contributed by atoms with Crippen LogP contribution in [0.5, 0.6) is 0 Å². The van der Waals surface area contributed by atoms with Gasteiger partial charge in [0.25, 0.3) is 5.91 Å². The molecule has 19 heavy (non-hydrogen) atoms. The lowest BCUT2D eigenvalue weighted by Crippen LogP contribution is -2.42. The predicted molar refractivity (Wildman–Crippen MR) is 75.8 cm³/mol. The third-order valence-corrected chi connectivity index (χ3v) is 3.24. The van der Waals surface area contributed by atoms with Crippen LogP contribution in [0.3, 0.4) is 0 Å². The van der Waals surface area contributed by atoms with Crippen molar-refractivity contribution in [3.05, 3.63) is 34.6 Å². The third kappa shape index (κ3) is 4.18. The van der Waals surface area contributed by atoms with Crippen LogP contribution in [-0.4, -0.2) is 30.4 Å². The van der Waals surface area contributed by atoms with Crippen LogP contribution in [0.4, 0.5) is 4.39 Å². The SMILES string of the molecule is CCN(CC(C)(C)CN)C(=O)c1ccc(Cl)cc1F. The first-order valence-electron chi connectivity index (χ1n) is 6.25. The van der Waals surface area contributed by atoms with Crippen LogP contribution in [0, 0.1) is 11.2 Å². The van der Waals surface area contributed by atoms with E-state index in [0.29, 0.717) is 19.6 Å². The molecule has 0 saturated carbocycles. The van der Waals surface area contributed by atoms with Gasteiger partial charge in [-0.1, -0.05) is 25.4 Å². The molecule has 0 bridgehead atoms. The zero-order valence-electron chi connectivity index (χ0n) is 11.5. The van der Waals surface area contributed by atoms with Crippen molar-refractivity contribution in [1.82, 2.24) is 4.90 Å². The molecule has 5 heteroatoms. The maximum absolute atomic E-state index is 13.8. The van der Waals surface area contributed by atoms with Gasteiger partial charge >= 0.3 is 0 Å². The first-order chi connectivity index (χ1) is 8.80. The van der Waals surface area contributed by atoms with Crippen molar-refractivity contribution in [3.8, 4) is 0 Å². The number of amides is 1. The van der Waals surface area contributed by atoms with Gasteiger partial charge in [0, 0.05) is 18.1 Å². The normalized spacial score (nSPS) is 11.5. The molecule has 106 valence electrons. The number of halogens is 2. The second-order valence-corrected chi connectivity index (χ2v) is 5.75. The van der Waals surface area contributed by atoms with E-state index in [9.17, 15) is 9.18 Å². The molecule has 1 aromatic carbocycles. The Morgan fingerprint density at radius 2 is 2.11 bits per heavy atom. The van der Waals surface area contributed by atoms with Gasteiger partial charge in [-0.15, -0.1) is 0 Å². The Kier molecular flexibility index (Phi) is 5.32. The van der Waals surface area contributed by atoms with E-state index in [0.717, 1.165) is 6.07 Å². The monoisotopic (exact) mass is 286 g/mol. The number of nitrogens with zero attached hydrogens (tertiary/aromatic N) is 1. The molecule has 0 fully saturated rings. The van der Waals surface area contributed by atoms with E-state index in [-0.39, 0.29) is 21.9 Å². The summed E-state index contributed by atoms with van der Waals surface area (Å²) in [6, 6.07) is 4.08. The van der Waals surface area contributed by atoms with Crippen LogP contribution >= 0.6 is 11.6 Å². The van der Waals surface area contributed by atoms with Gasteiger partial charge in [-0.3, -0.25) is 4.79 Å². The van der Waals surface area contributed by atoms with Gasteiger partial charge in [0.05, 0.1) is 5.56 Å². The molecule has 2 N–H and O–H groups in total. The molecule has 0 aromatic heterocycles. The van der Waals surface area contributed by atoms with Crippen molar-refractivity contribution in [2.75, 3.05) is 19.6 Å². The number of rotatable bonds is 5. The lowest BCUT2D eigenvalue weighted by molar-refractivity contribution is 0.0696. The summed E-state index contributed by atoms with van der Waals surface area (Å²) in [7, 11) is 0. The minimum absolute atomic E-state index is 0.0408. The van der Waals surface area contributed by atoms with E-state index in [1.54, 1.807) is 4.90 Å². The number of benzene rings is 1. The molecule has 1 rings (SSSR count). The largest absolute Gasteiger partial charge is 0.338 e. The van der Waals surface area contributed by atoms with Crippen molar-refractivity contribution in [3.63, 3.8) is 0 Å². The number of carbonyl (C=O) groups is 1. The van der Waals surface area contributed by atoms with Gasteiger partial charge in [0.15, 0.2) is 0 Å². The van der Waals surface area contributed by atoms with Gasteiger partial charge in [-0.2, -0.15) is 0 Å². The lowest BCUT2D eigenvalue weighted by atomic mass is 9.93. The van der Waals surface area contributed by atoms with E-state index >= 15 is 0 Å². The van der Waals surface area contributed by atoms with Gasteiger partial charge in [0.1, 0.15) is 5.82 Å². The maximum atomic E-state index is 13.8. The van der Waals surface area contributed by atoms with E-state index < -0.39 is 5.82 Å². The van der Waals surface area contributed by atoms with Crippen LogP contribution < -0.4 is 5.73 Å². The summed E-state index contributed by atoms with van der Waals surface area (Å²) >= 11 is 5.68. The van der Waals surface area contributed by atoms with Gasteiger partial charge < -0.3 is 10.6 Å². The Balaban J connectivity index is 2.96. The van der Waals surface area contributed by atoms with Gasteiger partial charge in [-0.05, 0) is 37.1 Å². The summed E-state index contributed by atoms with van der Waals surface area (Å²) < 4.78 is 13.8. The van der Waals surface area contributed by atoms with Crippen LogP contribution in [0.2, 0.25) is 5.02 Å². The zero-order valence-corrected chi connectivity index (χ0v) is 12.3. The van der Waals surface area contributed by atoms with E-state index in [2.05, 4.69) is 0 Å². The summed E-state index contributed by atoms with van der Waals surface area (Å²) in [4.78, 5) is 13.9. The maximum Gasteiger partial charge on any atom is 0.256 e. The van der Waals surface area contributed by atoms with Crippen LogP contribution in [0.25, 0.3) is 0 Å². The van der Waals surface area contributed by atoms with Crippen LogP contribution in [0.1, 0.15) is 31.1 Å². The van der Waals surface area contributed by atoms with E-state index in [1.165, 1.54) is 12.1 Å². The summed E-state index contributed by atoms with van der Waals surface area (Å²) in [6.45, 7) is 7.26. The first-order valence-corrected chi connectivity index (χ1v) is 6.63. The molecule has 1 amide bonds. The Hall–Kier alpha value is -1.13. The number of hydrogen-bond acceptors (Lipinski definition) is 2. The second-order valence-electron chi connectivity index (χ2n) is 5.31. The number of carbonyl (C=O) groups excluding carboxylic acids is 1. The van der Waals surface area contributed by atoms with Crippen molar-refractivity contribution < 1.29 is 9.18 Å². The quantitative estimate of drug-likeness (QED) is 0.905. The average molecular weight is 287 g/mol. The highest BCUT2D eigenvalue weighted by atomic mass is 35.5. The lowest BCUT2D eigenvalue weighted by Gasteiger charge is -2.31. The number of nitrogens with two attached hydrogens (primary N) is 1. The topological polar surface area (TPSA) is 46.3 Å². The van der Waals surface area contributed by atoms with Crippen molar-refractivity contribution in [2.24, 2.45) is 11.1 Å². The van der Waals surface area contributed by atoms with Crippen molar-refractivity contribution >= 4 is 17.5 Å². The third-order valence-electron chi connectivity index (χ3n) is 3.00. The summed E-state index contributed by atoms with van der Waals surface area (Å²) in [6.07, 6.45) is 0. The highest BCUT2D eigenvalue weighted by Gasteiger charge is 2.25. The summed E-state index contributed by atoms with van der Waals surface area (Å²) in [5, 5.41) is 0.277. The fourth-order valence-electron chi connectivity index (χ4n) is 1.74. The fraction of sp³-hybridized carbons (Fsp3) is 0.500. The average Bonchev–Trinajstić information content (AvgIpc) is 2.35. The smallest absolute Gasteiger partial charge is 0.256 e. The molecule has 0 aliphatic carbocycles. The van der Waals surface area contributed by atoms with Crippen LogP contribution in [-0.2, 0) is 0 Å². The van der Waals surface area contributed by atoms with Crippen molar-refractivity contribution in [2.45, 2.75) is 20.8 Å². The van der Waals surface area contributed by atoms with Crippen molar-refractivity contribution in [1.29, 1.82) is 0 Å². The first kappa shape index (κ1) is 15.9. The molecule has 0 unspecified atom stereocenters. The molecule has 1 aromatic rings. The Labute approximate surface area is 118 Å². The Bertz CT molecular complexity index is 463. The predicted octanol–water partition coefficient (Wildman–Crippen LogP) is 2.93. The molecule has 0 spiro atoms. The molecule has 0 atom stereocenters. The molecular weight excluding hydrogens is 267 g/mol. The van der Waals surface area contributed by atoms with E-state index in [4.69, 9.17) is 17.3 Å². The van der Waals surface area contributed by atoms with Gasteiger partial charge in [-0.25, -0.2) is 4.39 Å². The molecule has 0 aliphatic heterocycles. The standard InChI is InChI=1S/C14H20ClFN2O/c1-4-18(9-14(2,3)8-17)13(19)11-6-5-10(15)7-12(11)16/h5-7H,4,8-9,17H2,1-3H3. The zero-order chi connectivity index (χ0) is 14.6. The van der Waals surface area contributed by atoms with E-state index in [1.807, 2.05) is 20.8 Å². The second kappa shape index (κ2) is 6.35. The Morgan fingerprint density at radius 1 is 1.47 bits per heavy atom. The molecular formula is C14H20ClFN2O. The molecule has 0 radical (unpaired) electrons. The molecule has 0 heterocycles. The molecule has 3 nitrogen and oxygen atoms in total.